The number of anilines is 2. The molecule has 2 aromatic carbocycles. The summed E-state index contributed by atoms with van der Waals surface area (Å²) in [5.74, 6) is -1.09. The predicted molar refractivity (Wildman–Crippen MR) is 130 cm³/mol. The maximum atomic E-state index is 12.4. The summed E-state index contributed by atoms with van der Waals surface area (Å²) in [6.45, 7) is 5.26. The standard InChI is InChI=1S/C24H28N2O7S/c1-24(2,3)32-23(29)26-19-9-7-6-8-18(19)25-20(27)15-12-16-10-13-17(14-11-16)21(22(28)31-4)33-34(5)30/h6-15,21H,1-5H3,(H,25,27)(H,26,29)/b15-12+. The maximum absolute atomic E-state index is 12.4. The van der Waals surface area contributed by atoms with Crippen molar-refractivity contribution in [2.24, 2.45) is 0 Å². The molecule has 10 heteroatoms. The molecule has 0 spiro atoms. The van der Waals surface area contributed by atoms with Crippen LogP contribution in [0, 0.1) is 0 Å². The minimum absolute atomic E-state index is 0.394. The minimum atomic E-state index is -1.67. The Morgan fingerprint density at radius 1 is 0.971 bits per heavy atom. The van der Waals surface area contributed by atoms with Gasteiger partial charge < -0.3 is 14.8 Å². The molecule has 2 atom stereocenters. The zero-order chi connectivity index (χ0) is 25.3. The number of hydrogen-bond donors (Lipinski definition) is 2. The Bertz CT molecular complexity index is 1080. The van der Waals surface area contributed by atoms with Gasteiger partial charge in [0.1, 0.15) is 5.60 Å². The van der Waals surface area contributed by atoms with E-state index in [4.69, 9.17) is 13.7 Å². The first-order valence-corrected chi connectivity index (χ1v) is 11.7. The van der Waals surface area contributed by atoms with E-state index in [1.165, 1.54) is 19.4 Å². The molecule has 2 aromatic rings. The highest BCUT2D eigenvalue weighted by atomic mass is 32.2. The van der Waals surface area contributed by atoms with Crippen molar-refractivity contribution in [2.45, 2.75) is 32.5 Å². The number of rotatable bonds is 8. The van der Waals surface area contributed by atoms with Crippen LogP contribution >= 0.6 is 0 Å². The van der Waals surface area contributed by atoms with E-state index < -0.39 is 40.8 Å². The second-order valence-electron chi connectivity index (χ2n) is 8.06. The third kappa shape index (κ3) is 8.80. The van der Waals surface area contributed by atoms with Gasteiger partial charge in [0.15, 0.2) is 17.2 Å². The summed E-state index contributed by atoms with van der Waals surface area (Å²) < 4.78 is 26.5. The van der Waals surface area contributed by atoms with Crippen LogP contribution in [0.1, 0.15) is 38.0 Å². The molecule has 182 valence electrons. The van der Waals surface area contributed by atoms with Crippen LogP contribution < -0.4 is 10.6 Å². The van der Waals surface area contributed by atoms with Crippen molar-refractivity contribution in [1.82, 2.24) is 0 Å². The molecule has 0 saturated carbocycles. The highest BCUT2D eigenvalue weighted by Crippen LogP contribution is 2.23. The predicted octanol–water partition coefficient (Wildman–Crippen LogP) is 4.21. The molecule has 2 amide bonds. The molecule has 0 saturated heterocycles. The number of hydrogen-bond acceptors (Lipinski definition) is 7. The van der Waals surface area contributed by atoms with Gasteiger partial charge in [-0.2, -0.15) is 0 Å². The summed E-state index contributed by atoms with van der Waals surface area (Å²) >= 11 is -1.67. The Morgan fingerprint density at radius 2 is 1.56 bits per heavy atom. The summed E-state index contributed by atoms with van der Waals surface area (Å²) in [5.41, 5.74) is 1.29. The van der Waals surface area contributed by atoms with Gasteiger partial charge in [-0.3, -0.25) is 14.3 Å². The SMILES string of the molecule is COC(=O)C(OS(C)=O)c1ccc(/C=C/C(=O)Nc2ccccc2NC(=O)OC(C)(C)C)cc1. The van der Waals surface area contributed by atoms with Gasteiger partial charge in [-0.25, -0.2) is 13.8 Å². The largest absolute Gasteiger partial charge is 0.467 e. The summed E-state index contributed by atoms with van der Waals surface area (Å²) in [6.07, 6.45) is 2.47. The molecule has 2 unspecified atom stereocenters. The smallest absolute Gasteiger partial charge is 0.412 e. The van der Waals surface area contributed by atoms with E-state index in [2.05, 4.69) is 10.6 Å². The number of carbonyl (C=O) groups excluding carboxylic acids is 3. The van der Waals surface area contributed by atoms with Crippen LogP contribution in [0.2, 0.25) is 0 Å². The van der Waals surface area contributed by atoms with Crippen molar-refractivity contribution in [3.63, 3.8) is 0 Å². The number of carbonyl (C=O) groups is 3. The molecule has 9 nitrogen and oxygen atoms in total. The number of nitrogens with one attached hydrogen (secondary N) is 2. The van der Waals surface area contributed by atoms with Crippen LogP contribution in [-0.4, -0.2) is 41.1 Å². The van der Waals surface area contributed by atoms with Gasteiger partial charge in [-0.15, -0.1) is 0 Å². The van der Waals surface area contributed by atoms with E-state index in [-0.39, 0.29) is 0 Å². The van der Waals surface area contributed by atoms with Crippen molar-refractivity contribution >= 4 is 46.5 Å². The van der Waals surface area contributed by atoms with Crippen LogP contribution in [0.5, 0.6) is 0 Å². The lowest BCUT2D eigenvalue weighted by atomic mass is 10.1. The van der Waals surface area contributed by atoms with Gasteiger partial charge in [0, 0.05) is 12.3 Å². The second kappa shape index (κ2) is 12.1. The molecule has 0 radical (unpaired) electrons. The molecule has 2 rings (SSSR count). The zero-order valence-electron chi connectivity index (χ0n) is 19.6. The van der Waals surface area contributed by atoms with E-state index in [0.717, 1.165) is 0 Å². The van der Waals surface area contributed by atoms with Gasteiger partial charge in [-0.1, -0.05) is 36.4 Å². The molecular formula is C24H28N2O7S. The minimum Gasteiger partial charge on any atom is -0.467 e. The molecule has 0 aliphatic carbocycles. The number of amides is 2. The topological polar surface area (TPSA) is 120 Å². The lowest BCUT2D eigenvalue weighted by Crippen LogP contribution is -2.27. The summed E-state index contributed by atoms with van der Waals surface area (Å²) in [7, 11) is 1.22. The highest BCUT2D eigenvalue weighted by Gasteiger charge is 2.24. The number of para-hydroxylation sites is 2. The first kappa shape index (κ1) is 26.7. The van der Waals surface area contributed by atoms with E-state index >= 15 is 0 Å². The Hall–Kier alpha value is -3.50. The van der Waals surface area contributed by atoms with Crippen LogP contribution in [0.15, 0.2) is 54.6 Å². The molecule has 0 aliphatic rings. The molecular weight excluding hydrogens is 460 g/mol. The first-order valence-electron chi connectivity index (χ1n) is 10.2. The summed E-state index contributed by atoms with van der Waals surface area (Å²) in [5, 5.41) is 5.33. The quantitative estimate of drug-likeness (QED) is 0.422. The Labute approximate surface area is 201 Å². The third-order valence-corrected chi connectivity index (χ3v) is 4.60. The fraction of sp³-hybridized carbons (Fsp3) is 0.292. The van der Waals surface area contributed by atoms with E-state index in [1.54, 1.807) is 75.4 Å². The third-order valence-electron chi connectivity index (χ3n) is 4.13. The lowest BCUT2D eigenvalue weighted by molar-refractivity contribution is -0.148. The Morgan fingerprint density at radius 3 is 2.09 bits per heavy atom. The normalized spacial score (nSPS) is 13.1. The number of esters is 1. The van der Waals surface area contributed by atoms with E-state index in [0.29, 0.717) is 22.5 Å². The van der Waals surface area contributed by atoms with Crippen molar-refractivity contribution in [3.05, 3.63) is 65.7 Å². The van der Waals surface area contributed by atoms with Crippen molar-refractivity contribution in [3.8, 4) is 0 Å². The molecule has 0 bridgehead atoms. The van der Waals surface area contributed by atoms with Gasteiger partial charge in [-0.05, 0) is 50.1 Å². The summed E-state index contributed by atoms with van der Waals surface area (Å²) in [6, 6.07) is 13.3. The Kier molecular flexibility index (Phi) is 9.52. The summed E-state index contributed by atoms with van der Waals surface area (Å²) in [4.78, 5) is 36.4. The fourth-order valence-electron chi connectivity index (χ4n) is 2.72. The van der Waals surface area contributed by atoms with Crippen LogP contribution in [0.3, 0.4) is 0 Å². The number of benzene rings is 2. The number of ether oxygens (including phenoxy) is 2. The van der Waals surface area contributed by atoms with Gasteiger partial charge in [0.25, 0.3) is 0 Å². The molecule has 2 N–H and O–H groups in total. The molecule has 34 heavy (non-hydrogen) atoms. The maximum Gasteiger partial charge on any atom is 0.412 e. The first-order chi connectivity index (χ1) is 16.0. The van der Waals surface area contributed by atoms with Crippen LogP contribution in [0.4, 0.5) is 16.2 Å². The second-order valence-corrected chi connectivity index (χ2v) is 9.06. The lowest BCUT2D eigenvalue weighted by Gasteiger charge is -2.20. The average molecular weight is 489 g/mol. The molecule has 0 aliphatic heterocycles. The van der Waals surface area contributed by atoms with Crippen molar-refractivity contribution in [1.29, 1.82) is 0 Å². The average Bonchev–Trinajstić information content (AvgIpc) is 2.76. The van der Waals surface area contributed by atoms with E-state index in [1.807, 2.05) is 0 Å². The van der Waals surface area contributed by atoms with Gasteiger partial charge in [0.2, 0.25) is 5.91 Å². The van der Waals surface area contributed by atoms with Crippen LogP contribution in [-0.2, 0) is 34.3 Å². The van der Waals surface area contributed by atoms with Crippen LogP contribution in [0.25, 0.3) is 6.08 Å². The van der Waals surface area contributed by atoms with E-state index in [9.17, 15) is 18.6 Å². The van der Waals surface area contributed by atoms with Gasteiger partial charge in [0.05, 0.1) is 18.5 Å². The number of methoxy groups -OCH3 is 1. The van der Waals surface area contributed by atoms with Gasteiger partial charge >= 0.3 is 12.1 Å². The molecule has 0 aromatic heterocycles. The Balaban J connectivity index is 2.06. The van der Waals surface area contributed by atoms with Crippen molar-refractivity contribution in [2.75, 3.05) is 24.0 Å². The zero-order valence-corrected chi connectivity index (χ0v) is 20.4. The molecule has 0 heterocycles. The fourth-order valence-corrected chi connectivity index (χ4v) is 3.18. The highest BCUT2D eigenvalue weighted by molar-refractivity contribution is 7.79. The van der Waals surface area contributed by atoms with Crippen molar-refractivity contribution < 1.29 is 32.2 Å². The monoisotopic (exact) mass is 488 g/mol. The molecule has 0 fully saturated rings.